The first-order valence-corrected chi connectivity index (χ1v) is 6.71. The molecule has 7 nitrogen and oxygen atoms in total. The van der Waals surface area contributed by atoms with Crippen molar-refractivity contribution in [1.29, 1.82) is 0 Å². The van der Waals surface area contributed by atoms with E-state index in [2.05, 4.69) is 17.0 Å². The Morgan fingerprint density at radius 2 is 2.11 bits per heavy atom. The number of amides is 1. The van der Waals surface area contributed by atoms with Crippen molar-refractivity contribution in [3.05, 3.63) is 0 Å². The molecule has 0 aromatic carbocycles. The van der Waals surface area contributed by atoms with Crippen molar-refractivity contribution in [2.45, 2.75) is 19.4 Å². The van der Waals surface area contributed by atoms with Gasteiger partial charge in [0, 0.05) is 32.8 Å². The first-order valence-electron chi connectivity index (χ1n) is 6.71. The van der Waals surface area contributed by atoms with Gasteiger partial charge >= 0.3 is 0 Å². The quantitative estimate of drug-likeness (QED) is 0.306. The molecule has 0 bridgehead atoms. The van der Waals surface area contributed by atoms with Gasteiger partial charge in [-0.25, -0.2) is 0 Å². The van der Waals surface area contributed by atoms with Crippen LogP contribution in [0.4, 0.5) is 0 Å². The van der Waals surface area contributed by atoms with Crippen LogP contribution in [0.5, 0.6) is 0 Å². The minimum Gasteiger partial charge on any atom is -0.409 e. The summed E-state index contributed by atoms with van der Waals surface area (Å²) in [6.07, 6.45) is 0.690. The molecule has 2 saturated heterocycles. The second kappa shape index (κ2) is 6.21. The molecule has 0 radical (unpaired) electrons. The number of oxime groups is 1. The third kappa shape index (κ3) is 3.36. The summed E-state index contributed by atoms with van der Waals surface area (Å²) in [6.45, 7) is 6.00. The van der Waals surface area contributed by atoms with Crippen LogP contribution >= 0.6 is 0 Å². The maximum absolute atomic E-state index is 12.3. The highest BCUT2D eigenvalue weighted by molar-refractivity contribution is 5.82. The molecule has 0 aromatic heterocycles. The number of ether oxygens (including phenoxy) is 1. The van der Waals surface area contributed by atoms with Crippen molar-refractivity contribution in [1.82, 2.24) is 9.80 Å². The predicted octanol–water partition coefficient (Wildman–Crippen LogP) is -0.698. The summed E-state index contributed by atoms with van der Waals surface area (Å²) >= 11 is 0. The van der Waals surface area contributed by atoms with Crippen LogP contribution in [0.3, 0.4) is 0 Å². The molecule has 2 aliphatic heterocycles. The molecule has 2 atom stereocenters. The van der Waals surface area contributed by atoms with Crippen LogP contribution in [-0.4, -0.2) is 72.2 Å². The predicted molar refractivity (Wildman–Crippen MR) is 69.9 cm³/mol. The highest BCUT2D eigenvalue weighted by atomic mass is 16.5. The summed E-state index contributed by atoms with van der Waals surface area (Å²) in [5.41, 5.74) is 5.47. The van der Waals surface area contributed by atoms with Crippen molar-refractivity contribution in [2.75, 3.05) is 39.3 Å². The molecule has 108 valence electrons. The smallest absolute Gasteiger partial charge is 0.252 e. The third-order valence-electron chi connectivity index (χ3n) is 3.83. The van der Waals surface area contributed by atoms with E-state index in [1.165, 1.54) is 0 Å². The number of piperazine rings is 1. The van der Waals surface area contributed by atoms with E-state index in [1.807, 2.05) is 4.90 Å². The lowest BCUT2D eigenvalue weighted by molar-refractivity contribution is -0.144. The lowest BCUT2D eigenvalue weighted by Gasteiger charge is -2.35. The van der Waals surface area contributed by atoms with Gasteiger partial charge in [-0.15, -0.1) is 0 Å². The number of rotatable bonds is 3. The standard InChI is InChI=1S/C12H22N4O3/c1-9-2-7-19-11(9)12(17)16-5-3-15(4-6-16)8-10(13)14-18/h9,11,18H,2-8H2,1H3,(H2,13,14). The zero-order valence-electron chi connectivity index (χ0n) is 11.3. The van der Waals surface area contributed by atoms with Crippen molar-refractivity contribution < 1.29 is 14.7 Å². The van der Waals surface area contributed by atoms with Gasteiger partial charge in [-0.1, -0.05) is 12.1 Å². The minimum absolute atomic E-state index is 0.105. The zero-order chi connectivity index (χ0) is 13.8. The molecule has 0 saturated carbocycles. The summed E-state index contributed by atoms with van der Waals surface area (Å²) in [4.78, 5) is 16.2. The van der Waals surface area contributed by atoms with Gasteiger partial charge in [0.15, 0.2) is 5.84 Å². The van der Waals surface area contributed by atoms with E-state index in [9.17, 15) is 4.79 Å². The van der Waals surface area contributed by atoms with Gasteiger partial charge < -0.3 is 20.6 Å². The first-order chi connectivity index (χ1) is 9.11. The summed E-state index contributed by atoms with van der Waals surface area (Å²) in [5.74, 6) is 0.615. The Hall–Kier alpha value is -1.34. The van der Waals surface area contributed by atoms with Crippen LogP contribution in [0, 0.1) is 5.92 Å². The Morgan fingerprint density at radius 1 is 1.42 bits per heavy atom. The summed E-state index contributed by atoms with van der Waals surface area (Å²) in [6, 6.07) is 0. The number of hydrogen-bond acceptors (Lipinski definition) is 5. The normalized spacial score (nSPS) is 29.7. The third-order valence-corrected chi connectivity index (χ3v) is 3.83. The average Bonchev–Trinajstić information content (AvgIpc) is 2.85. The molecular formula is C12H22N4O3. The molecule has 0 aromatic rings. The molecular weight excluding hydrogens is 248 g/mol. The number of carbonyl (C=O) groups is 1. The highest BCUT2D eigenvalue weighted by Crippen LogP contribution is 2.22. The molecule has 0 aliphatic carbocycles. The molecule has 7 heteroatoms. The Bertz CT molecular complexity index is 353. The van der Waals surface area contributed by atoms with E-state index < -0.39 is 0 Å². The van der Waals surface area contributed by atoms with Crippen LogP contribution in [-0.2, 0) is 9.53 Å². The van der Waals surface area contributed by atoms with Crippen LogP contribution in [0.1, 0.15) is 13.3 Å². The van der Waals surface area contributed by atoms with Gasteiger partial charge in [0.05, 0.1) is 6.54 Å². The van der Waals surface area contributed by atoms with Gasteiger partial charge in [-0.2, -0.15) is 0 Å². The fourth-order valence-corrected chi connectivity index (χ4v) is 2.58. The molecule has 2 unspecified atom stereocenters. The second-order valence-electron chi connectivity index (χ2n) is 5.25. The van der Waals surface area contributed by atoms with E-state index in [0.717, 1.165) is 19.5 Å². The van der Waals surface area contributed by atoms with E-state index in [4.69, 9.17) is 15.7 Å². The summed E-state index contributed by atoms with van der Waals surface area (Å²) in [7, 11) is 0. The van der Waals surface area contributed by atoms with Gasteiger partial charge in [0.1, 0.15) is 6.10 Å². The van der Waals surface area contributed by atoms with E-state index in [0.29, 0.717) is 32.2 Å². The number of hydrogen-bond donors (Lipinski definition) is 2. The Kier molecular flexibility index (Phi) is 4.60. The molecule has 1 amide bonds. The Balaban J connectivity index is 1.81. The summed E-state index contributed by atoms with van der Waals surface area (Å²) in [5, 5.41) is 11.5. The van der Waals surface area contributed by atoms with E-state index >= 15 is 0 Å². The van der Waals surface area contributed by atoms with E-state index in [-0.39, 0.29) is 17.8 Å². The minimum atomic E-state index is -0.268. The molecule has 3 N–H and O–H groups in total. The van der Waals surface area contributed by atoms with Crippen molar-refractivity contribution in [2.24, 2.45) is 16.8 Å². The van der Waals surface area contributed by atoms with Gasteiger partial charge in [-0.3, -0.25) is 9.69 Å². The van der Waals surface area contributed by atoms with Crippen LogP contribution < -0.4 is 5.73 Å². The van der Waals surface area contributed by atoms with Crippen molar-refractivity contribution in [3.63, 3.8) is 0 Å². The Morgan fingerprint density at radius 3 is 2.63 bits per heavy atom. The lowest BCUT2D eigenvalue weighted by atomic mass is 10.0. The number of carbonyl (C=O) groups excluding carboxylic acids is 1. The second-order valence-corrected chi connectivity index (χ2v) is 5.25. The molecule has 2 rings (SSSR count). The summed E-state index contributed by atoms with van der Waals surface area (Å²) < 4.78 is 5.51. The average molecular weight is 270 g/mol. The molecule has 2 fully saturated rings. The first kappa shape index (κ1) is 14.1. The maximum atomic E-state index is 12.3. The highest BCUT2D eigenvalue weighted by Gasteiger charge is 2.35. The van der Waals surface area contributed by atoms with Gasteiger partial charge in [-0.05, 0) is 12.3 Å². The van der Waals surface area contributed by atoms with Crippen LogP contribution in [0.2, 0.25) is 0 Å². The largest absolute Gasteiger partial charge is 0.409 e. The fraction of sp³-hybridized carbons (Fsp3) is 0.833. The number of nitrogens with zero attached hydrogens (tertiary/aromatic N) is 3. The van der Waals surface area contributed by atoms with Crippen molar-refractivity contribution in [3.8, 4) is 0 Å². The number of amidine groups is 1. The molecule has 19 heavy (non-hydrogen) atoms. The van der Waals surface area contributed by atoms with Crippen LogP contribution in [0.25, 0.3) is 0 Å². The SMILES string of the molecule is CC1CCOC1C(=O)N1CCN(CC(N)=NO)CC1. The van der Waals surface area contributed by atoms with Gasteiger partial charge in [0.25, 0.3) is 5.91 Å². The molecule has 0 spiro atoms. The monoisotopic (exact) mass is 270 g/mol. The van der Waals surface area contributed by atoms with Crippen molar-refractivity contribution >= 4 is 11.7 Å². The topological polar surface area (TPSA) is 91.4 Å². The number of nitrogens with two attached hydrogens (primary N) is 1. The fourth-order valence-electron chi connectivity index (χ4n) is 2.58. The molecule has 2 heterocycles. The van der Waals surface area contributed by atoms with Gasteiger partial charge in [0.2, 0.25) is 0 Å². The zero-order valence-corrected chi connectivity index (χ0v) is 11.3. The van der Waals surface area contributed by atoms with E-state index in [1.54, 1.807) is 0 Å². The molecule has 2 aliphatic rings. The van der Waals surface area contributed by atoms with Crippen LogP contribution in [0.15, 0.2) is 5.16 Å². The Labute approximate surface area is 113 Å². The lowest BCUT2D eigenvalue weighted by Crippen LogP contribution is -2.53. The maximum Gasteiger partial charge on any atom is 0.252 e.